The van der Waals surface area contributed by atoms with Crippen LogP contribution in [-0.4, -0.2) is 51.5 Å². The van der Waals surface area contributed by atoms with E-state index >= 15 is 0 Å². The number of nitrogen functional groups attached to an aromatic ring is 1. The molecule has 0 radical (unpaired) electrons. The molecule has 13 nitrogen and oxygen atoms in total. The second-order valence-electron chi connectivity index (χ2n) is 10.9. The van der Waals surface area contributed by atoms with Gasteiger partial charge in [-0.2, -0.15) is 15.4 Å². The Morgan fingerprint density at radius 3 is 2.74 bits per heavy atom. The van der Waals surface area contributed by atoms with Crippen LogP contribution in [0, 0.1) is 17.2 Å². The van der Waals surface area contributed by atoms with E-state index in [4.69, 9.17) is 30.0 Å². The first-order valence-corrected chi connectivity index (χ1v) is 15.6. The van der Waals surface area contributed by atoms with Gasteiger partial charge < -0.3 is 25.5 Å². The van der Waals surface area contributed by atoms with Gasteiger partial charge in [-0.3, -0.25) is 9.32 Å². The summed E-state index contributed by atoms with van der Waals surface area (Å²) >= 11 is 0. The Morgan fingerprint density at radius 2 is 2.00 bits per heavy atom. The van der Waals surface area contributed by atoms with Crippen LogP contribution in [-0.2, 0) is 23.4 Å². The van der Waals surface area contributed by atoms with Gasteiger partial charge in [-0.1, -0.05) is 18.2 Å². The smallest absolute Gasteiger partial charge is 0.459 e. The van der Waals surface area contributed by atoms with E-state index in [9.17, 15) is 14.6 Å². The minimum absolute atomic E-state index is 0.196. The number of esters is 1. The number of fused-ring (bicyclic) bond motifs is 1. The first kappa shape index (κ1) is 29.9. The summed E-state index contributed by atoms with van der Waals surface area (Å²) in [6.07, 6.45) is 5.23. The molecule has 224 valence electrons. The first-order valence-electron chi connectivity index (χ1n) is 14.1. The first-order chi connectivity index (χ1) is 20.2. The van der Waals surface area contributed by atoms with E-state index in [0.29, 0.717) is 29.9 Å². The third-order valence-corrected chi connectivity index (χ3v) is 9.34. The molecule has 3 aromatic rings. The molecule has 1 aliphatic heterocycles. The Kier molecular flexibility index (Phi) is 9.11. The van der Waals surface area contributed by atoms with E-state index in [1.807, 2.05) is 6.07 Å². The largest absolute Gasteiger partial charge is 0.464 e. The number of aromatic nitrogens is 3. The van der Waals surface area contributed by atoms with Crippen molar-refractivity contribution in [1.29, 1.82) is 5.26 Å². The van der Waals surface area contributed by atoms with E-state index in [0.717, 1.165) is 25.7 Å². The number of anilines is 1. The lowest BCUT2D eigenvalue weighted by Crippen LogP contribution is -2.38. The molecular weight excluding hydrogens is 561 g/mol. The molecule has 2 aliphatic rings. The highest BCUT2D eigenvalue weighted by molar-refractivity contribution is 7.52. The van der Waals surface area contributed by atoms with E-state index in [-0.39, 0.29) is 30.9 Å². The van der Waals surface area contributed by atoms with Crippen molar-refractivity contribution in [3.05, 3.63) is 54.5 Å². The van der Waals surface area contributed by atoms with Crippen molar-refractivity contribution in [3.63, 3.8) is 0 Å². The second kappa shape index (κ2) is 12.8. The van der Waals surface area contributed by atoms with Crippen LogP contribution in [0.5, 0.6) is 5.75 Å². The van der Waals surface area contributed by atoms with Crippen LogP contribution in [0.2, 0.25) is 0 Å². The maximum Gasteiger partial charge on any atom is 0.459 e. The van der Waals surface area contributed by atoms with Gasteiger partial charge >= 0.3 is 13.7 Å². The monoisotopic (exact) mass is 597 g/mol. The van der Waals surface area contributed by atoms with Crippen LogP contribution in [0.25, 0.3) is 5.52 Å². The number of ether oxygens (including phenoxy) is 2. The fourth-order valence-corrected chi connectivity index (χ4v) is 6.81. The number of benzene rings is 1. The van der Waals surface area contributed by atoms with Crippen molar-refractivity contribution < 1.29 is 27.9 Å². The number of carbonyl (C=O) groups is 1. The molecule has 1 aromatic carbocycles. The van der Waals surface area contributed by atoms with E-state index in [2.05, 4.69) is 21.2 Å². The summed E-state index contributed by atoms with van der Waals surface area (Å²) in [6, 6.07) is 13.4. The number of hydrogen-bond acceptors (Lipinski definition) is 11. The molecule has 0 amide bonds. The summed E-state index contributed by atoms with van der Waals surface area (Å²) in [7, 11) is -4.19. The SMILES string of the molecule is C[C@H](NP(=O)(OC[C@]1(C#N)CC[C@H](c2ccc3c(N)ncnn23)O1)Oc1ccccc1)C(=O)OC[C@H]1CC[C@H](N)CC1. The van der Waals surface area contributed by atoms with Crippen LogP contribution in [0.1, 0.15) is 57.2 Å². The molecule has 42 heavy (non-hydrogen) atoms. The molecule has 14 heteroatoms. The summed E-state index contributed by atoms with van der Waals surface area (Å²) < 4.78 is 38.9. The molecule has 0 spiro atoms. The average molecular weight is 598 g/mol. The highest BCUT2D eigenvalue weighted by Crippen LogP contribution is 2.48. The number of carbonyl (C=O) groups excluding carboxylic acids is 1. The van der Waals surface area contributed by atoms with Gasteiger partial charge in [0.15, 0.2) is 11.4 Å². The Morgan fingerprint density at radius 1 is 1.24 bits per heavy atom. The number of nitriles is 1. The molecular formula is C28H36N7O6P. The summed E-state index contributed by atoms with van der Waals surface area (Å²) in [5.74, 6) is 0.248. The van der Waals surface area contributed by atoms with Crippen molar-refractivity contribution in [2.75, 3.05) is 18.9 Å². The van der Waals surface area contributed by atoms with Gasteiger partial charge in [0.25, 0.3) is 0 Å². The van der Waals surface area contributed by atoms with Crippen molar-refractivity contribution in [3.8, 4) is 11.8 Å². The van der Waals surface area contributed by atoms with E-state index in [1.165, 1.54) is 13.3 Å². The quantitative estimate of drug-likeness (QED) is 0.215. The minimum atomic E-state index is -4.19. The third-order valence-electron chi connectivity index (χ3n) is 7.72. The highest BCUT2D eigenvalue weighted by Gasteiger charge is 2.45. The molecule has 4 atom stereocenters. The summed E-state index contributed by atoms with van der Waals surface area (Å²) in [5, 5.41) is 17.1. The van der Waals surface area contributed by atoms with Gasteiger partial charge in [-0.05, 0) is 75.6 Å². The van der Waals surface area contributed by atoms with Gasteiger partial charge in [0.2, 0.25) is 0 Å². The fourth-order valence-electron chi connectivity index (χ4n) is 5.27. The van der Waals surface area contributed by atoms with Crippen molar-refractivity contribution >= 4 is 25.1 Å². The zero-order valence-corrected chi connectivity index (χ0v) is 24.3. The lowest BCUT2D eigenvalue weighted by Gasteiger charge is -2.28. The molecule has 1 saturated carbocycles. The third kappa shape index (κ3) is 6.91. The van der Waals surface area contributed by atoms with Crippen LogP contribution >= 0.6 is 7.75 Å². The molecule has 1 unspecified atom stereocenters. The van der Waals surface area contributed by atoms with Crippen LogP contribution in [0.15, 0.2) is 48.8 Å². The topological polar surface area (TPSA) is 189 Å². The summed E-state index contributed by atoms with van der Waals surface area (Å²) in [6.45, 7) is 1.42. The molecule has 1 aliphatic carbocycles. The number of nitrogens with zero attached hydrogens (tertiary/aromatic N) is 4. The standard InChI is InChI=1S/C28H36N7O6P/c1-19(27(36)38-15-20-7-9-21(30)10-8-20)34-42(37,41-22-5-3-2-4-6-22)39-17-28(16-29)14-13-25(40-28)23-11-12-24-26(31)32-18-33-35(23)24/h2-6,11-12,18-21,25H,7-10,13-15,17,30H2,1H3,(H,34,37)(H2,31,32,33)/t19-,20-,21-,25+,28+,42?/m0/s1. The number of nitrogens with one attached hydrogen (secondary N) is 1. The molecule has 2 fully saturated rings. The second-order valence-corrected chi connectivity index (χ2v) is 12.6. The van der Waals surface area contributed by atoms with Gasteiger partial charge in [-0.15, -0.1) is 0 Å². The fraction of sp³-hybridized carbons (Fsp3) is 0.500. The number of rotatable bonds is 11. The summed E-state index contributed by atoms with van der Waals surface area (Å²) in [5.41, 5.74) is 11.8. The lowest BCUT2D eigenvalue weighted by molar-refractivity contribution is -0.147. The molecule has 5 rings (SSSR count). The zero-order valence-electron chi connectivity index (χ0n) is 23.4. The predicted molar refractivity (Wildman–Crippen MR) is 153 cm³/mol. The molecule has 1 saturated heterocycles. The number of hydrogen-bond donors (Lipinski definition) is 3. The Hall–Kier alpha value is -3.53. The maximum atomic E-state index is 14.0. The van der Waals surface area contributed by atoms with E-state index in [1.54, 1.807) is 40.9 Å². The van der Waals surface area contributed by atoms with Crippen LogP contribution in [0.4, 0.5) is 5.82 Å². The Labute approximate surface area is 244 Å². The normalized spacial score (nSPS) is 26.3. The molecule has 0 bridgehead atoms. The Balaban J connectivity index is 1.26. The summed E-state index contributed by atoms with van der Waals surface area (Å²) in [4.78, 5) is 16.8. The lowest BCUT2D eigenvalue weighted by atomic mass is 9.87. The van der Waals surface area contributed by atoms with Crippen LogP contribution in [0.3, 0.4) is 0 Å². The highest BCUT2D eigenvalue weighted by atomic mass is 31.2. The number of para-hydroxylation sites is 1. The van der Waals surface area contributed by atoms with Crippen molar-refractivity contribution in [1.82, 2.24) is 19.7 Å². The Bertz CT molecular complexity index is 1470. The van der Waals surface area contributed by atoms with E-state index < -0.39 is 31.5 Å². The minimum Gasteiger partial charge on any atom is -0.464 e. The average Bonchev–Trinajstić information content (AvgIpc) is 3.62. The van der Waals surface area contributed by atoms with Crippen molar-refractivity contribution in [2.24, 2.45) is 11.7 Å². The molecule has 3 heterocycles. The predicted octanol–water partition coefficient (Wildman–Crippen LogP) is 3.67. The number of nitrogens with two attached hydrogens (primary N) is 2. The zero-order chi connectivity index (χ0) is 29.7. The van der Waals surface area contributed by atoms with Crippen molar-refractivity contribution in [2.45, 2.75) is 69.2 Å². The molecule has 5 N–H and O–H groups in total. The maximum absolute atomic E-state index is 14.0. The van der Waals surface area contributed by atoms with Gasteiger partial charge in [-0.25, -0.2) is 14.1 Å². The van der Waals surface area contributed by atoms with Gasteiger partial charge in [0.1, 0.15) is 42.4 Å². The van der Waals surface area contributed by atoms with Crippen LogP contribution < -0.4 is 21.1 Å². The van der Waals surface area contributed by atoms with Gasteiger partial charge in [0.05, 0.1) is 12.3 Å². The molecule has 2 aromatic heterocycles. The van der Waals surface area contributed by atoms with Gasteiger partial charge in [0, 0.05) is 6.04 Å².